The second kappa shape index (κ2) is 12.5. The third kappa shape index (κ3) is 8.85. The van der Waals surface area contributed by atoms with Crippen molar-refractivity contribution in [3.63, 3.8) is 0 Å². The SMILES string of the molecule is CCCCCSCCCCC(C)(NCC)C(=O)OCC. The third-order valence-electron chi connectivity index (χ3n) is 3.40. The van der Waals surface area contributed by atoms with E-state index in [2.05, 4.69) is 12.2 Å². The lowest BCUT2D eigenvalue weighted by atomic mass is 9.95. The zero-order valence-electron chi connectivity index (χ0n) is 13.8. The quantitative estimate of drug-likeness (QED) is 0.412. The smallest absolute Gasteiger partial charge is 0.326 e. The average molecular weight is 304 g/mol. The van der Waals surface area contributed by atoms with Crippen molar-refractivity contribution in [2.45, 2.75) is 71.8 Å². The summed E-state index contributed by atoms with van der Waals surface area (Å²) in [6, 6.07) is 0. The molecule has 0 aliphatic rings. The van der Waals surface area contributed by atoms with Crippen LogP contribution in [-0.2, 0) is 9.53 Å². The molecule has 0 saturated carbocycles. The maximum atomic E-state index is 12.0. The molecule has 3 nitrogen and oxygen atoms in total. The monoisotopic (exact) mass is 303 g/mol. The van der Waals surface area contributed by atoms with Crippen LogP contribution >= 0.6 is 11.8 Å². The van der Waals surface area contributed by atoms with Crippen molar-refractivity contribution in [3.05, 3.63) is 0 Å². The van der Waals surface area contributed by atoms with Gasteiger partial charge >= 0.3 is 5.97 Å². The van der Waals surface area contributed by atoms with Crippen molar-refractivity contribution < 1.29 is 9.53 Å². The summed E-state index contributed by atoms with van der Waals surface area (Å²) in [6.45, 7) is 9.33. The molecule has 20 heavy (non-hydrogen) atoms. The molecule has 0 saturated heterocycles. The number of likely N-dealkylation sites (N-methyl/N-ethyl adjacent to an activating group) is 1. The third-order valence-corrected chi connectivity index (χ3v) is 4.56. The fraction of sp³-hybridized carbons (Fsp3) is 0.938. The molecule has 0 amide bonds. The highest BCUT2D eigenvalue weighted by molar-refractivity contribution is 7.99. The predicted octanol–water partition coefficient (Wildman–Crippen LogP) is 4.01. The van der Waals surface area contributed by atoms with Crippen LogP contribution in [0.5, 0.6) is 0 Å². The second-order valence-electron chi connectivity index (χ2n) is 5.36. The van der Waals surface area contributed by atoms with Gasteiger partial charge in [0.05, 0.1) is 6.61 Å². The number of hydrogen-bond acceptors (Lipinski definition) is 4. The second-order valence-corrected chi connectivity index (χ2v) is 6.58. The van der Waals surface area contributed by atoms with Gasteiger partial charge < -0.3 is 10.1 Å². The molecule has 1 N–H and O–H groups in total. The lowest BCUT2D eigenvalue weighted by Crippen LogP contribution is -2.50. The normalized spacial score (nSPS) is 14.0. The van der Waals surface area contributed by atoms with Gasteiger partial charge in [-0.3, -0.25) is 4.79 Å². The molecule has 0 bridgehead atoms. The van der Waals surface area contributed by atoms with Crippen LogP contribution in [-0.4, -0.2) is 36.2 Å². The molecule has 120 valence electrons. The maximum absolute atomic E-state index is 12.0. The molecule has 0 heterocycles. The van der Waals surface area contributed by atoms with Gasteiger partial charge in [0, 0.05) is 0 Å². The molecule has 0 spiro atoms. The van der Waals surface area contributed by atoms with E-state index in [1.54, 1.807) is 0 Å². The molecule has 0 aromatic rings. The van der Waals surface area contributed by atoms with Gasteiger partial charge in [-0.05, 0) is 51.2 Å². The first-order valence-corrected chi connectivity index (χ1v) is 9.26. The van der Waals surface area contributed by atoms with Crippen molar-refractivity contribution in [2.24, 2.45) is 0 Å². The van der Waals surface area contributed by atoms with Crippen LogP contribution in [0.1, 0.15) is 66.2 Å². The first-order valence-electron chi connectivity index (χ1n) is 8.10. The Labute approximate surface area is 129 Å². The Kier molecular flexibility index (Phi) is 12.4. The molecule has 1 unspecified atom stereocenters. The summed E-state index contributed by atoms with van der Waals surface area (Å²) in [6.07, 6.45) is 7.07. The van der Waals surface area contributed by atoms with Gasteiger partial charge in [0.1, 0.15) is 5.54 Å². The van der Waals surface area contributed by atoms with Crippen molar-refractivity contribution in [3.8, 4) is 0 Å². The van der Waals surface area contributed by atoms with E-state index in [0.29, 0.717) is 6.61 Å². The van der Waals surface area contributed by atoms with Gasteiger partial charge in [0.2, 0.25) is 0 Å². The van der Waals surface area contributed by atoms with Gasteiger partial charge in [0.15, 0.2) is 0 Å². The Morgan fingerprint density at radius 3 is 2.30 bits per heavy atom. The molecule has 0 aliphatic heterocycles. The molecule has 4 heteroatoms. The molecule has 0 aromatic heterocycles. The summed E-state index contributed by atoms with van der Waals surface area (Å²) in [5.74, 6) is 2.36. The topological polar surface area (TPSA) is 38.3 Å². The number of carbonyl (C=O) groups excluding carboxylic acids is 1. The first-order chi connectivity index (χ1) is 9.60. The van der Waals surface area contributed by atoms with Gasteiger partial charge in [-0.2, -0.15) is 11.8 Å². The number of unbranched alkanes of at least 4 members (excludes halogenated alkanes) is 3. The lowest BCUT2D eigenvalue weighted by molar-refractivity contribution is -0.150. The van der Waals surface area contributed by atoms with Crippen molar-refractivity contribution in [1.82, 2.24) is 5.32 Å². The maximum Gasteiger partial charge on any atom is 0.326 e. The lowest BCUT2D eigenvalue weighted by Gasteiger charge is -2.28. The van der Waals surface area contributed by atoms with Gasteiger partial charge in [-0.1, -0.05) is 33.1 Å². The molecule has 0 rings (SSSR count). The zero-order chi connectivity index (χ0) is 15.3. The summed E-state index contributed by atoms with van der Waals surface area (Å²) in [5, 5.41) is 3.28. The Bertz CT molecular complexity index is 249. The number of nitrogens with one attached hydrogen (secondary N) is 1. The zero-order valence-corrected chi connectivity index (χ0v) is 14.6. The molecular formula is C16H33NO2S. The minimum Gasteiger partial charge on any atom is -0.465 e. The van der Waals surface area contributed by atoms with Crippen LogP contribution in [0.25, 0.3) is 0 Å². The minimum atomic E-state index is -0.516. The Balaban J connectivity index is 3.83. The van der Waals surface area contributed by atoms with Crippen LogP contribution in [0.15, 0.2) is 0 Å². The van der Waals surface area contributed by atoms with E-state index in [1.165, 1.54) is 37.2 Å². The summed E-state index contributed by atoms with van der Waals surface area (Å²) in [7, 11) is 0. The highest BCUT2D eigenvalue weighted by Crippen LogP contribution is 2.18. The number of rotatable bonds is 13. The van der Waals surface area contributed by atoms with E-state index < -0.39 is 5.54 Å². The summed E-state index contributed by atoms with van der Waals surface area (Å²) < 4.78 is 5.18. The van der Waals surface area contributed by atoms with Crippen LogP contribution in [0.3, 0.4) is 0 Å². The van der Waals surface area contributed by atoms with E-state index in [0.717, 1.165) is 19.4 Å². The molecule has 0 aliphatic carbocycles. The number of ether oxygens (including phenoxy) is 1. The summed E-state index contributed by atoms with van der Waals surface area (Å²) in [4.78, 5) is 12.0. The minimum absolute atomic E-state index is 0.113. The van der Waals surface area contributed by atoms with Crippen LogP contribution in [0, 0.1) is 0 Å². The Morgan fingerprint density at radius 2 is 1.75 bits per heavy atom. The van der Waals surface area contributed by atoms with Crippen molar-refractivity contribution in [1.29, 1.82) is 0 Å². The standard InChI is InChI=1S/C16H33NO2S/c1-5-8-10-13-20-14-11-9-12-16(4,17-6-2)15(18)19-7-3/h17H,5-14H2,1-4H3. The predicted molar refractivity (Wildman–Crippen MR) is 89.4 cm³/mol. The molecule has 1 atom stereocenters. The highest BCUT2D eigenvalue weighted by atomic mass is 32.2. The van der Waals surface area contributed by atoms with Crippen LogP contribution < -0.4 is 5.32 Å². The van der Waals surface area contributed by atoms with E-state index >= 15 is 0 Å². The number of esters is 1. The van der Waals surface area contributed by atoms with Crippen molar-refractivity contribution in [2.75, 3.05) is 24.7 Å². The Morgan fingerprint density at radius 1 is 1.10 bits per heavy atom. The van der Waals surface area contributed by atoms with Gasteiger partial charge in [-0.25, -0.2) is 0 Å². The molecular weight excluding hydrogens is 270 g/mol. The van der Waals surface area contributed by atoms with Crippen LogP contribution in [0.4, 0.5) is 0 Å². The average Bonchev–Trinajstić information content (AvgIpc) is 2.42. The largest absolute Gasteiger partial charge is 0.465 e. The fourth-order valence-corrected chi connectivity index (χ4v) is 3.20. The van der Waals surface area contributed by atoms with Crippen LogP contribution in [0.2, 0.25) is 0 Å². The van der Waals surface area contributed by atoms with E-state index in [9.17, 15) is 4.79 Å². The van der Waals surface area contributed by atoms with Crippen molar-refractivity contribution >= 4 is 17.7 Å². The Hall–Kier alpha value is -0.220. The number of thioether (sulfide) groups is 1. The fourth-order valence-electron chi connectivity index (χ4n) is 2.18. The molecule has 0 aromatic carbocycles. The first kappa shape index (κ1) is 19.8. The summed E-state index contributed by atoms with van der Waals surface area (Å²) in [5.41, 5.74) is -0.516. The van der Waals surface area contributed by atoms with Gasteiger partial charge in [-0.15, -0.1) is 0 Å². The number of carbonyl (C=O) groups is 1. The van der Waals surface area contributed by atoms with E-state index in [1.807, 2.05) is 32.5 Å². The van der Waals surface area contributed by atoms with Gasteiger partial charge in [0.25, 0.3) is 0 Å². The summed E-state index contributed by atoms with van der Waals surface area (Å²) >= 11 is 2.04. The highest BCUT2D eigenvalue weighted by Gasteiger charge is 2.32. The van der Waals surface area contributed by atoms with E-state index in [4.69, 9.17) is 4.74 Å². The molecule has 0 radical (unpaired) electrons. The molecule has 0 fully saturated rings. The number of hydrogen-bond donors (Lipinski definition) is 1. The van der Waals surface area contributed by atoms with E-state index in [-0.39, 0.29) is 5.97 Å².